The molecule has 3 N–H and O–H groups in total. The second-order valence-corrected chi connectivity index (χ2v) is 3.85. The average Bonchev–Trinajstić information content (AvgIpc) is 2.13. The van der Waals surface area contributed by atoms with Crippen LogP contribution in [0.25, 0.3) is 0 Å². The number of phenolic OH excluding ortho intramolecular Hbond substituents is 1. The summed E-state index contributed by atoms with van der Waals surface area (Å²) >= 11 is 6.22. The number of hydrogen-bond donors (Lipinski definition) is 3. The van der Waals surface area contributed by atoms with Crippen LogP contribution in [-0.2, 0) is 0 Å². The molecule has 6 heteroatoms. The van der Waals surface area contributed by atoms with Crippen LogP contribution in [0.3, 0.4) is 0 Å². The maximum absolute atomic E-state index is 10.9. The van der Waals surface area contributed by atoms with Crippen LogP contribution in [0.15, 0.2) is 21.1 Å². The van der Waals surface area contributed by atoms with Gasteiger partial charge in [0.25, 0.3) is 5.91 Å². The van der Waals surface area contributed by atoms with Crippen molar-refractivity contribution < 1.29 is 15.1 Å². The van der Waals surface area contributed by atoms with Crippen LogP contribution in [0.1, 0.15) is 10.4 Å². The van der Waals surface area contributed by atoms with Gasteiger partial charge in [0.2, 0.25) is 0 Å². The van der Waals surface area contributed by atoms with E-state index in [4.69, 9.17) is 5.21 Å². The monoisotopic (exact) mass is 309 g/mol. The quantitative estimate of drug-likeness (QED) is 0.549. The molecule has 0 aromatic heterocycles. The summed E-state index contributed by atoms with van der Waals surface area (Å²) in [5.41, 5.74) is 1.43. The lowest BCUT2D eigenvalue weighted by atomic mass is 10.2. The van der Waals surface area contributed by atoms with Gasteiger partial charge in [0.05, 0.1) is 10.0 Å². The van der Waals surface area contributed by atoms with Gasteiger partial charge in [-0.1, -0.05) is 0 Å². The Hall–Kier alpha value is -0.590. The van der Waals surface area contributed by atoms with Crippen LogP contribution in [0.5, 0.6) is 5.75 Å². The molecule has 1 aromatic carbocycles. The number of benzene rings is 1. The first-order valence-corrected chi connectivity index (χ1v) is 4.78. The number of hydroxylamine groups is 1. The zero-order valence-corrected chi connectivity index (χ0v) is 9.39. The van der Waals surface area contributed by atoms with Crippen LogP contribution >= 0.6 is 31.9 Å². The Bertz CT molecular complexity index is 354. The summed E-state index contributed by atoms with van der Waals surface area (Å²) in [5.74, 6) is -0.980. The van der Waals surface area contributed by atoms with Gasteiger partial charge in [-0.25, -0.2) is 5.48 Å². The zero-order valence-electron chi connectivity index (χ0n) is 6.21. The lowest BCUT2D eigenvalue weighted by Crippen LogP contribution is -2.18. The number of amides is 1. The van der Waals surface area contributed by atoms with Crippen molar-refractivity contribution in [2.75, 3.05) is 0 Å². The Morgan fingerprint density at radius 2 is 2.00 bits per heavy atom. The lowest BCUT2D eigenvalue weighted by Gasteiger charge is -2.05. The number of carbonyl (C=O) groups is 1. The van der Waals surface area contributed by atoms with E-state index in [-0.39, 0.29) is 11.3 Å². The third-order valence-electron chi connectivity index (χ3n) is 1.42. The van der Waals surface area contributed by atoms with Crippen LogP contribution in [0.2, 0.25) is 0 Å². The van der Waals surface area contributed by atoms with Gasteiger partial charge in [-0.05, 0) is 44.0 Å². The van der Waals surface area contributed by atoms with E-state index in [0.29, 0.717) is 8.95 Å². The average molecular weight is 311 g/mol. The summed E-state index contributed by atoms with van der Waals surface area (Å²) in [5, 5.41) is 17.8. The summed E-state index contributed by atoms with van der Waals surface area (Å²) in [6.07, 6.45) is 0. The molecule has 0 saturated heterocycles. The molecule has 0 aliphatic rings. The number of aromatic hydroxyl groups is 1. The normalized spacial score (nSPS) is 9.77. The van der Waals surface area contributed by atoms with Gasteiger partial charge in [-0.15, -0.1) is 0 Å². The Morgan fingerprint density at radius 1 is 1.38 bits per heavy atom. The second-order valence-electron chi connectivity index (χ2n) is 2.20. The van der Waals surface area contributed by atoms with E-state index >= 15 is 0 Å². The summed E-state index contributed by atoms with van der Waals surface area (Å²) < 4.78 is 0.994. The molecule has 1 aromatic rings. The molecule has 1 amide bonds. The van der Waals surface area contributed by atoms with Gasteiger partial charge in [-0.3, -0.25) is 10.0 Å². The molecule has 1 rings (SSSR count). The summed E-state index contributed by atoms with van der Waals surface area (Å²) in [6.45, 7) is 0. The van der Waals surface area contributed by atoms with Crippen molar-refractivity contribution >= 4 is 37.8 Å². The molecular weight excluding hydrogens is 306 g/mol. The van der Waals surface area contributed by atoms with E-state index in [1.165, 1.54) is 11.5 Å². The highest BCUT2D eigenvalue weighted by molar-refractivity contribution is 9.13. The molecule has 0 unspecified atom stereocenters. The second kappa shape index (κ2) is 4.08. The van der Waals surface area contributed by atoms with Crippen LogP contribution < -0.4 is 5.48 Å². The van der Waals surface area contributed by atoms with E-state index in [1.807, 2.05) is 0 Å². The number of rotatable bonds is 1. The number of phenols is 1. The topological polar surface area (TPSA) is 69.6 Å². The molecule has 0 radical (unpaired) electrons. The molecule has 0 aliphatic heterocycles. The zero-order chi connectivity index (χ0) is 10.0. The fourth-order valence-electron chi connectivity index (χ4n) is 0.783. The van der Waals surface area contributed by atoms with Crippen LogP contribution in [-0.4, -0.2) is 16.2 Å². The maximum Gasteiger partial charge on any atom is 0.278 e. The highest BCUT2D eigenvalue weighted by atomic mass is 79.9. The van der Waals surface area contributed by atoms with Crippen molar-refractivity contribution in [2.24, 2.45) is 0 Å². The Morgan fingerprint density at radius 3 is 2.54 bits per heavy atom. The molecular formula is C7H5Br2NO3. The van der Waals surface area contributed by atoms with E-state index in [9.17, 15) is 9.90 Å². The van der Waals surface area contributed by atoms with Crippen LogP contribution in [0, 0.1) is 0 Å². The Kier molecular flexibility index (Phi) is 3.29. The summed E-state index contributed by atoms with van der Waals surface area (Å²) in [6, 6.07) is 2.96. The molecule has 4 nitrogen and oxygen atoms in total. The van der Waals surface area contributed by atoms with Gasteiger partial charge in [0.15, 0.2) is 0 Å². The predicted molar refractivity (Wildman–Crippen MR) is 52.8 cm³/mol. The van der Waals surface area contributed by atoms with Crippen molar-refractivity contribution in [1.29, 1.82) is 0 Å². The highest BCUT2D eigenvalue weighted by Gasteiger charge is 2.14. The van der Waals surface area contributed by atoms with Gasteiger partial charge in [0.1, 0.15) is 5.75 Å². The number of nitrogens with one attached hydrogen (secondary N) is 1. The predicted octanol–water partition coefficient (Wildman–Crippen LogP) is 2.04. The van der Waals surface area contributed by atoms with Crippen molar-refractivity contribution in [3.63, 3.8) is 0 Å². The molecule has 0 saturated carbocycles. The minimum absolute atomic E-state index is 0.00225. The number of carbonyl (C=O) groups excluding carboxylic acids is 1. The molecule has 0 fully saturated rings. The van der Waals surface area contributed by atoms with E-state index < -0.39 is 5.91 Å². The standard InChI is InChI=1S/C7H5Br2NO3/c8-4-2-1-3(7(12)10-13)6(11)5(4)9/h1-2,11,13H,(H,10,12). The Labute approximate surface area is 90.8 Å². The SMILES string of the molecule is O=C(NO)c1ccc(Br)c(Br)c1O. The van der Waals surface area contributed by atoms with E-state index in [0.717, 1.165) is 0 Å². The van der Waals surface area contributed by atoms with E-state index in [2.05, 4.69) is 31.9 Å². The van der Waals surface area contributed by atoms with Gasteiger partial charge < -0.3 is 5.11 Å². The molecule has 13 heavy (non-hydrogen) atoms. The first-order valence-electron chi connectivity index (χ1n) is 3.19. The molecule has 70 valence electrons. The van der Waals surface area contributed by atoms with Crippen molar-refractivity contribution in [2.45, 2.75) is 0 Å². The number of halogens is 2. The Balaban J connectivity index is 3.26. The molecule has 0 aliphatic carbocycles. The highest BCUT2D eigenvalue weighted by Crippen LogP contribution is 2.34. The fourth-order valence-corrected chi connectivity index (χ4v) is 1.45. The van der Waals surface area contributed by atoms with Gasteiger partial charge in [0, 0.05) is 4.47 Å². The lowest BCUT2D eigenvalue weighted by molar-refractivity contribution is 0.0703. The summed E-state index contributed by atoms with van der Waals surface area (Å²) in [4.78, 5) is 10.9. The first kappa shape index (κ1) is 10.5. The van der Waals surface area contributed by atoms with Crippen molar-refractivity contribution in [3.05, 3.63) is 26.6 Å². The first-order chi connectivity index (χ1) is 6.07. The molecule has 0 atom stereocenters. The maximum atomic E-state index is 10.9. The van der Waals surface area contributed by atoms with E-state index in [1.54, 1.807) is 6.07 Å². The smallest absolute Gasteiger partial charge is 0.278 e. The molecule has 0 heterocycles. The van der Waals surface area contributed by atoms with Gasteiger partial charge >= 0.3 is 0 Å². The van der Waals surface area contributed by atoms with Crippen molar-refractivity contribution in [1.82, 2.24) is 5.48 Å². The third-order valence-corrected chi connectivity index (χ3v) is 3.41. The van der Waals surface area contributed by atoms with Crippen LogP contribution in [0.4, 0.5) is 0 Å². The largest absolute Gasteiger partial charge is 0.506 e. The van der Waals surface area contributed by atoms with Crippen molar-refractivity contribution in [3.8, 4) is 5.75 Å². The third kappa shape index (κ3) is 2.01. The molecule has 0 spiro atoms. The number of hydrogen-bond acceptors (Lipinski definition) is 3. The van der Waals surface area contributed by atoms with Gasteiger partial charge in [-0.2, -0.15) is 0 Å². The fraction of sp³-hybridized carbons (Fsp3) is 0. The minimum Gasteiger partial charge on any atom is -0.506 e. The molecule has 0 bridgehead atoms. The minimum atomic E-state index is -0.759. The summed E-state index contributed by atoms with van der Waals surface area (Å²) in [7, 11) is 0.